The van der Waals surface area contributed by atoms with Crippen molar-refractivity contribution in [1.82, 2.24) is 9.80 Å². The Bertz CT molecular complexity index is 918. The molecule has 0 unspecified atom stereocenters. The van der Waals surface area contributed by atoms with E-state index in [2.05, 4.69) is 4.90 Å². The highest BCUT2D eigenvalue weighted by Crippen LogP contribution is 2.26. The molecule has 0 radical (unpaired) electrons. The number of carbonyl (C=O) groups excluding carboxylic acids is 1. The molecule has 1 amide bonds. The van der Waals surface area contributed by atoms with Crippen LogP contribution in [0.15, 0.2) is 42.5 Å². The van der Waals surface area contributed by atoms with Crippen molar-refractivity contribution in [2.24, 2.45) is 0 Å². The van der Waals surface area contributed by atoms with Crippen molar-refractivity contribution in [3.8, 4) is 0 Å². The van der Waals surface area contributed by atoms with Crippen molar-refractivity contribution in [2.75, 3.05) is 32.8 Å². The van der Waals surface area contributed by atoms with Gasteiger partial charge in [-0.2, -0.15) is 8.78 Å². The summed E-state index contributed by atoms with van der Waals surface area (Å²) >= 11 is 12.5. The van der Waals surface area contributed by atoms with Gasteiger partial charge in [0.05, 0.1) is 6.61 Å². The molecular weight excluding hydrogens is 471 g/mol. The van der Waals surface area contributed by atoms with Gasteiger partial charge < -0.3 is 9.64 Å². The van der Waals surface area contributed by atoms with E-state index >= 15 is 0 Å². The highest BCUT2D eigenvalue weighted by atomic mass is 35.5. The maximum Gasteiger partial charge on any atom is 0.330 e. The highest BCUT2D eigenvalue weighted by Gasteiger charge is 2.40. The molecule has 1 aliphatic rings. The Kier molecular flexibility index (Phi) is 8.38. The Morgan fingerprint density at radius 3 is 2.28 bits per heavy atom. The van der Waals surface area contributed by atoms with Crippen LogP contribution in [0, 0.1) is 0 Å². The van der Waals surface area contributed by atoms with E-state index in [4.69, 9.17) is 27.9 Å². The second-order valence-electron chi connectivity index (χ2n) is 7.52. The zero-order valence-corrected chi connectivity index (χ0v) is 18.6. The van der Waals surface area contributed by atoms with Crippen LogP contribution in [0.1, 0.15) is 21.5 Å². The first-order valence-corrected chi connectivity index (χ1v) is 10.7. The minimum absolute atomic E-state index is 0.194. The lowest BCUT2D eigenvalue weighted by atomic mass is 10.1. The molecule has 4 nitrogen and oxygen atoms in total. The SMILES string of the molecule is O=C(c1cccc(COCC(F)(F)C(F)F)c1)N1CCN(Cc2c(Cl)cccc2Cl)CC1. The quantitative estimate of drug-likeness (QED) is 0.464. The topological polar surface area (TPSA) is 32.8 Å². The molecule has 0 aromatic heterocycles. The van der Waals surface area contributed by atoms with Crippen LogP contribution >= 0.6 is 23.2 Å². The van der Waals surface area contributed by atoms with Crippen LogP contribution in [0.25, 0.3) is 0 Å². The fourth-order valence-corrected chi connectivity index (χ4v) is 3.88. The van der Waals surface area contributed by atoms with Crippen LogP contribution in [-0.2, 0) is 17.9 Å². The van der Waals surface area contributed by atoms with E-state index in [1.54, 1.807) is 41.3 Å². The number of alkyl halides is 4. The van der Waals surface area contributed by atoms with Crippen LogP contribution in [0.4, 0.5) is 17.6 Å². The van der Waals surface area contributed by atoms with Crippen molar-refractivity contribution >= 4 is 29.1 Å². The third-order valence-electron chi connectivity index (χ3n) is 5.16. The Morgan fingerprint density at radius 2 is 1.66 bits per heavy atom. The summed E-state index contributed by atoms with van der Waals surface area (Å²) in [6, 6.07) is 11.7. The molecule has 2 aromatic rings. The van der Waals surface area contributed by atoms with Crippen LogP contribution < -0.4 is 0 Å². The average Bonchev–Trinajstić information content (AvgIpc) is 2.76. The van der Waals surface area contributed by atoms with E-state index in [0.717, 1.165) is 5.56 Å². The Labute approximate surface area is 193 Å². The first kappa shape index (κ1) is 24.8. The molecule has 0 aliphatic carbocycles. The molecule has 0 saturated carbocycles. The third kappa shape index (κ3) is 6.34. The van der Waals surface area contributed by atoms with Crippen LogP contribution in [0.5, 0.6) is 0 Å². The maximum absolute atomic E-state index is 13.0. The van der Waals surface area contributed by atoms with Crippen molar-refractivity contribution in [2.45, 2.75) is 25.5 Å². The minimum atomic E-state index is -4.21. The van der Waals surface area contributed by atoms with Crippen molar-refractivity contribution in [3.05, 3.63) is 69.2 Å². The van der Waals surface area contributed by atoms with E-state index in [9.17, 15) is 22.4 Å². The molecule has 0 N–H and O–H groups in total. The van der Waals surface area contributed by atoms with E-state index in [-0.39, 0.29) is 12.5 Å². The molecule has 1 aliphatic heterocycles. The number of halogens is 6. The number of hydrogen-bond donors (Lipinski definition) is 0. The predicted octanol–water partition coefficient (Wildman–Crippen LogP) is 5.37. The fourth-order valence-electron chi connectivity index (χ4n) is 3.36. The molecule has 0 atom stereocenters. The summed E-state index contributed by atoms with van der Waals surface area (Å²) in [5.41, 5.74) is 1.68. The summed E-state index contributed by atoms with van der Waals surface area (Å²) in [5.74, 6) is -4.40. The molecular formula is C22H22Cl2F4N2O2. The van der Waals surface area contributed by atoms with E-state index in [1.165, 1.54) is 6.07 Å². The van der Waals surface area contributed by atoms with Crippen LogP contribution in [-0.4, -0.2) is 60.8 Å². The molecule has 2 aromatic carbocycles. The van der Waals surface area contributed by atoms with Gasteiger partial charge in [-0.05, 0) is 29.8 Å². The van der Waals surface area contributed by atoms with Gasteiger partial charge in [-0.1, -0.05) is 41.4 Å². The number of benzene rings is 2. The molecule has 1 fully saturated rings. The number of amides is 1. The first-order chi connectivity index (χ1) is 15.2. The second-order valence-corrected chi connectivity index (χ2v) is 8.34. The normalized spacial score (nSPS) is 15.4. The summed E-state index contributed by atoms with van der Waals surface area (Å²) < 4.78 is 55.1. The minimum Gasteiger partial charge on any atom is -0.370 e. The number of piperazine rings is 1. The van der Waals surface area contributed by atoms with E-state index in [0.29, 0.717) is 53.9 Å². The van der Waals surface area contributed by atoms with Gasteiger partial charge in [0.25, 0.3) is 5.91 Å². The smallest absolute Gasteiger partial charge is 0.330 e. The number of nitrogens with zero attached hydrogens (tertiary/aromatic N) is 2. The van der Waals surface area contributed by atoms with E-state index in [1.807, 2.05) is 0 Å². The number of rotatable bonds is 8. The van der Waals surface area contributed by atoms with Crippen molar-refractivity contribution in [1.29, 1.82) is 0 Å². The summed E-state index contributed by atoms with van der Waals surface area (Å²) in [4.78, 5) is 16.7. The molecule has 0 spiro atoms. The van der Waals surface area contributed by atoms with E-state index < -0.39 is 19.0 Å². The lowest BCUT2D eigenvalue weighted by Gasteiger charge is -2.35. The van der Waals surface area contributed by atoms with Gasteiger partial charge in [0, 0.05) is 53.9 Å². The Morgan fingerprint density at radius 1 is 1.03 bits per heavy atom. The summed E-state index contributed by atoms with van der Waals surface area (Å²) in [6.07, 6.45) is -3.79. The Balaban J connectivity index is 1.53. The van der Waals surface area contributed by atoms with Gasteiger partial charge in [0.2, 0.25) is 0 Å². The monoisotopic (exact) mass is 492 g/mol. The lowest BCUT2D eigenvalue weighted by Crippen LogP contribution is -2.48. The fraction of sp³-hybridized carbons (Fsp3) is 0.409. The standard InChI is InChI=1S/C22H22Cl2F4N2O2/c23-18-5-2-6-19(24)17(18)12-29-7-9-30(10-8-29)20(31)16-4-1-3-15(11-16)13-32-14-22(27,28)21(25)26/h1-6,11,21H,7-10,12-14H2. The lowest BCUT2D eigenvalue weighted by molar-refractivity contribution is -0.168. The number of ether oxygens (including phenoxy) is 1. The zero-order valence-electron chi connectivity index (χ0n) is 17.0. The molecule has 32 heavy (non-hydrogen) atoms. The largest absolute Gasteiger partial charge is 0.370 e. The highest BCUT2D eigenvalue weighted by molar-refractivity contribution is 6.35. The summed E-state index contributed by atoms with van der Waals surface area (Å²) in [7, 11) is 0. The first-order valence-electron chi connectivity index (χ1n) is 9.94. The molecule has 0 bridgehead atoms. The predicted molar refractivity (Wildman–Crippen MR) is 115 cm³/mol. The third-order valence-corrected chi connectivity index (χ3v) is 5.87. The molecule has 1 heterocycles. The van der Waals surface area contributed by atoms with Gasteiger partial charge >= 0.3 is 12.3 Å². The number of hydrogen-bond acceptors (Lipinski definition) is 3. The van der Waals surface area contributed by atoms with Gasteiger partial charge in [0.15, 0.2) is 0 Å². The van der Waals surface area contributed by atoms with Gasteiger partial charge in [0.1, 0.15) is 6.61 Å². The van der Waals surface area contributed by atoms with Crippen molar-refractivity contribution < 1.29 is 27.1 Å². The Hall–Kier alpha value is -1.87. The van der Waals surface area contributed by atoms with Crippen molar-refractivity contribution in [3.63, 3.8) is 0 Å². The molecule has 174 valence electrons. The van der Waals surface area contributed by atoms with Gasteiger partial charge in [-0.3, -0.25) is 9.69 Å². The summed E-state index contributed by atoms with van der Waals surface area (Å²) in [6.45, 7) is 1.18. The zero-order chi connectivity index (χ0) is 23.3. The summed E-state index contributed by atoms with van der Waals surface area (Å²) in [5, 5.41) is 1.20. The number of carbonyl (C=O) groups is 1. The van der Waals surface area contributed by atoms with Crippen LogP contribution in [0.2, 0.25) is 10.0 Å². The molecule has 10 heteroatoms. The molecule has 3 rings (SSSR count). The second kappa shape index (κ2) is 10.8. The van der Waals surface area contributed by atoms with Gasteiger partial charge in [-0.15, -0.1) is 0 Å². The van der Waals surface area contributed by atoms with Crippen LogP contribution in [0.3, 0.4) is 0 Å². The molecule has 1 saturated heterocycles. The maximum atomic E-state index is 13.0. The average molecular weight is 493 g/mol. The van der Waals surface area contributed by atoms with Gasteiger partial charge in [-0.25, -0.2) is 8.78 Å².